The second kappa shape index (κ2) is 7.45. The van der Waals surface area contributed by atoms with Gasteiger partial charge in [0, 0.05) is 12.2 Å². The summed E-state index contributed by atoms with van der Waals surface area (Å²) in [5, 5.41) is 10.0. The van der Waals surface area contributed by atoms with E-state index in [-0.39, 0.29) is 11.4 Å². The van der Waals surface area contributed by atoms with E-state index in [0.717, 1.165) is 11.1 Å². The van der Waals surface area contributed by atoms with E-state index >= 15 is 0 Å². The van der Waals surface area contributed by atoms with E-state index in [1.54, 1.807) is 12.1 Å². The molecule has 0 bridgehead atoms. The largest absolute Gasteiger partial charge is 0.344 e. The first-order valence-electron chi connectivity index (χ1n) is 7.45. The summed E-state index contributed by atoms with van der Waals surface area (Å²) < 4.78 is 22.3. The van der Waals surface area contributed by atoms with Crippen molar-refractivity contribution >= 4 is 27.5 Å². The Bertz CT molecular complexity index is 906. The molecular formula is C17H19N3O4S. The predicted octanol–water partition coefficient (Wildman–Crippen LogP) is 1.21. The SMILES string of the molecule is Cc1ccc(NC(=O)C(=O)NCc2ccc(S(N)(=O)=O)cc2)cc1C. The Morgan fingerprint density at radius 2 is 1.60 bits per heavy atom. The molecule has 0 aliphatic heterocycles. The summed E-state index contributed by atoms with van der Waals surface area (Å²) in [5.41, 5.74) is 3.28. The minimum atomic E-state index is -3.76. The molecule has 0 saturated heterocycles. The summed E-state index contributed by atoms with van der Waals surface area (Å²) in [7, 11) is -3.76. The number of anilines is 1. The number of rotatable bonds is 4. The number of hydrogen-bond acceptors (Lipinski definition) is 4. The second-order valence-corrected chi connectivity index (χ2v) is 7.19. The third-order valence-electron chi connectivity index (χ3n) is 3.68. The van der Waals surface area contributed by atoms with Gasteiger partial charge >= 0.3 is 11.8 Å². The van der Waals surface area contributed by atoms with Gasteiger partial charge in [0.2, 0.25) is 10.0 Å². The Morgan fingerprint density at radius 3 is 2.16 bits per heavy atom. The van der Waals surface area contributed by atoms with Crippen LogP contribution in [0.1, 0.15) is 16.7 Å². The lowest BCUT2D eigenvalue weighted by molar-refractivity contribution is -0.136. The average Bonchev–Trinajstić information content (AvgIpc) is 2.55. The minimum absolute atomic E-state index is 0.0185. The maximum absolute atomic E-state index is 11.9. The normalized spacial score (nSPS) is 11.0. The number of carbonyl (C=O) groups excluding carboxylic acids is 2. The molecule has 4 N–H and O–H groups in total. The van der Waals surface area contributed by atoms with Crippen molar-refractivity contribution in [3.63, 3.8) is 0 Å². The minimum Gasteiger partial charge on any atom is -0.344 e. The highest BCUT2D eigenvalue weighted by molar-refractivity contribution is 7.89. The molecule has 8 heteroatoms. The third kappa shape index (κ3) is 5.13. The van der Waals surface area contributed by atoms with Crippen molar-refractivity contribution in [2.24, 2.45) is 5.14 Å². The fraction of sp³-hybridized carbons (Fsp3) is 0.176. The van der Waals surface area contributed by atoms with Gasteiger partial charge in [-0.25, -0.2) is 13.6 Å². The van der Waals surface area contributed by atoms with Gasteiger partial charge in [-0.1, -0.05) is 18.2 Å². The van der Waals surface area contributed by atoms with Crippen LogP contribution in [0.15, 0.2) is 47.4 Å². The van der Waals surface area contributed by atoms with Crippen molar-refractivity contribution in [1.82, 2.24) is 5.32 Å². The highest BCUT2D eigenvalue weighted by atomic mass is 32.2. The molecule has 2 rings (SSSR count). The Hall–Kier alpha value is -2.71. The van der Waals surface area contributed by atoms with Crippen LogP contribution in [-0.4, -0.2) is 20.2 Å². The molecule has 0 heterocycles. The summed E-state index contributed by atoms with van der Waals surface area (Å²) in [4.78, 5) is 23.7. The first-order valence-corrected chi connectivity index (χ1v) is 8.99. The standard InChI is InChI=1S/C17H19N3O4S/c1-11-3-6-14(9-12(11)2)20-17(22)16(21)19-10-13-4-7-15(8-5-13)25(18,23)24/h3-9H,10H2,1-2H3,(H,19,21)(H,20,22)(H2,18,23,24). The number of primary sulfonamides is 1. The molecule has 7 nitrogen and oxygen atoms in total. The zero-order valence-electron chi connectivity index (χ0n) is 13.9. The zero-order valence-corrected chi connectivity index (χ0v) is 14.7. The summed E-state index contributed by atoms with van der Waals surface area (Å²) in [6, 6.07) is 11.1. The summed E-state index contributed by atoms with van der Waals surface area (Å²) >= 11 is 0. The number of nitrogens with two attached hydrogens (primary N) is 1. The molecule has 0 spiro atoms. The van der Waals surface area contributed by atoms with Crippen LogP contribution in [0.25, 0.3) is 0 Å². The van der Waals surface area contributed by atoms with Crippen LogP contribution in [0.2, 0.25) is 0 Å². The second-order valence-electron chi connectivity index (χ2n) is 5.62. The van der Waals surface area contributed by atoms with Gasteiger partial charge in [0.1, 0.15) is 0 Å². The molecular weight excluding hydrogens is 342 g/mol. The van der Waals surface area contributed by atoms with Gasteiger partial charge in [0.25, 0.3) is 0 Å². The predicted molar refractivity (Wildman–Crippen MR) is 94.2 cm³/mol. The lowest BCUT2D eigenvalue weighted by atomic mass is 10.1. The molecule has 0 atom stereocenters. The van der Waals surface area contributed by atoms with Crippen LogP contribution in [0, 0.1) is 13.8 Å². The molecule has 0 unspecified atom stereocenters. The van der Waals surface area contributed by atoms with Crippen molar-refractivity contribution in [2.45, 2.75) is 25.3 Å². The lowest BCUT2D eigenvalue weighted by Crippen LogP contribution is -2.35. The average molecular weight is 361 g/mol. The number of aryl methyl sites for hydroxylation is 2. The van der Waals surface area contributed by atoms with Crippen molar-refractivity contribution in [3.8, 4) is 0 Å². The number of sulfonamides is 1. The van der Waals surface area contributed by atoms with Crippen LogP contribution < -0.4 is 15.8 Å². The van der Waals surface area contributed by atoms with E-state index in [4.69, 9.17) is 5.14 Å². The number of carbonyl (C=O) groups is 2. The highest BCUT2D eigenvalue weighted by Gasteiger charge is 2.14. The number of amides is 2. The van der Waals surface area contributed by atoms with Crippen LogP contribution >= 0.6 is 0 Å². The molecule has 0 aromatic heterocycles. The molecule has 132 valence electrons. The maximum atomic E-state index is 11.9. The van der Waals surface area contributed by atoms with Gasteiger partial charge in [0.05, 0.1) is 4.90 Å². The van der Waals surface area contributed by atoms with E-state index < -0.39 is 21.8 Å². The van der Waals surface area contributed by atoms with E-state index in [0.29, 0.717) is 11.3 Å². The first-order chi connectivity index (χ1) is 11.7. The number of nitrogens with one attached hydrogen (secondary N) is 2. The Morgan fingerprint density at radius 1 is 0.960 bits per heavy atom. The Kier molecular flexibility index (Phi) is 5.55. The smallest absolute Gasteiger partial charge is 0.313 e. The Balaban J connectivity index is 1.93. The maximum Gasteiger partial charge on any atom is 0.313 e. The van der Waals surface area contributed by atoms with Gasteiger partial charge in [-0.05, 0) is 54.8 Å². The van der Waals surface area contributed by atoms with Crippen LogP contribution in [0.5, 0.6) is 0 Å². The summed E-state index contributed by atoms with van der Waals surface area (Å²) in [6.45, 7) is 3.95. The molecule has 0 radical (unpaired) electrons. The highest BCUT2D eigenvalue weighted by Crippen LogP contribution is 2.14. The van der Waals surface area contributed by atoms with E-state index in [1.165, 1.54) is 24.3 Å². The van der Waals surface area contributed by atoms with Gasteiger partial charge in [-0.15, -0.1) is 0 Å². The fourth-order valence-corrected chi connectivity index (χ4v) is 2.58. The van der Waals surface area contributed by atoms with Crippen molar-refractivity contribution in [3.05, 3.63) is 59.2 Å². The molecule has 0 fully saturated rings. The molecule has 0 saturated carbocycles. The van der Waals surface area contributed by atoms with Crippen molar-refractivity contribution < 1.29 is 18.0 Å². The molecule has 2 aromatic carbocycles. The van der Waals surface area contributed by atoms with Gasteiger partial charge in [0.15, 0.2) is 0 Å². The van der Waals surface area contributed by atoms with E-state index in [1.807, 2.05) is 19.9 Å². The summed E-state index contributed by atoms with van der Waals surface area (Å²) in [5.74, 6) is -1.56. The van der Waals surface area contributed by atoms with E-state index in [2.05, 4.69) is 10.6 Å². The van der Waals surface area contributed by atoms with Crippen LogP contribution in [0.3, 0.4) is 0 Å². The summed E-state index contributed by atoms with van der Waals surface area (Å²) in [6.07, 6.45) is 0. The number of benzene rings is 2. The van der Waals surface area contributed by atoms with Crippen molar-refractivity contribution in [1.29, 1.82) is 0 Å². The van der Waals surface area contributed by atoms with Crippen LogP contribution in [-0.2, 0) is 26.2 Å². The third-order valence-corrected chi connectivity index (χ3v) is 4.61. The molecule has 2 amide bonds. The topological polar surface area (TPSA) is 118 Å². The van der Waals surface area contributed by atoms with Gasteiger partial charge in [-0.3, -0.25) is 9.59 Å². The fourth-order valence-electron chi connectivity index (χ4n) is 2.07. The monoisotopic (exact) mass is 361 g/mol. The van der Waals surface area contributed by atoms with E-state index in [9.17, 15) is 18.0 Å². The quantitative estimate of drug-likeness (QED) is 0.709. The number of hydrogen-bond donors (Lipinski definition) is 3. The van der Waals surface area contributed by atoms with Crippen LogP contribution in [0.4, 0.5) is 5.69 Å². The lowest BCUT2D eigenvalue weighted by Gasteiger charge is -2.08. The van der Waals surface area contributed by atoms with Gasteiger partial charge in [-0.2, -0.15) is 0 Å². The Labute approximate surface area is 146 Å². The van der Waals surface area contributed by atoms with Gasteiger partial charge < -0.3 is 10.6 Å². The molecule has 2 aromatic rings. The van der Waals surface area contributed by atoms with Crippen molar-refractivity contribution in [2.75, 3.05) is 5.32 Å². The molecule has 0 aliphatic rings. The first kappa shape index (κ1) is 18.6. The molecule has 0 aliphatic carbocycles. The molecule has 25 heavy (non-hydrogen) atoms. The zero-order chi connectivity index (χ0) is 18.6.